The summed E-state index contributed by atoms with van der Waals surface area (Å²) in [6, 6.07) is 11.9. The fourth-order valence-electron chi connectivity index (χ4n) is 2.92. The van der Waals surface area contributed by atoms with E-state index in [1.807, 2.05) is 36.4 Å². The molecule has 0 saturated carbocycles. The average molecular weight is 409 g/mol. The minimum atomic E-state index is -0.126. The number of amides is 1. The maximum absolute atomic E-state index is 12.0. The monoisotopic (exact) mass is 408 g/mol. The van der Waals surface area contributed by atoms with Crippen molar-refractivity contribution in [1.29, 1.82) is 0 Å². The molecule has 1 N–H and O–H groups in total. The fraction of sp³-hybridized carbons (Fsp3) is 0.360. The van der Waals surface area contributed by atoms with Crippen molar-refractivity contribution in [2.24, 2.45) is 0 Å². The van der Waals surface area contributed by atoms with Crippen LogP contribution in [-0.2, 0) is 16.1 Å². The quantitative estimate of drug-likeness (QED) is 0.290. The molecule has 5 heteroatoms. The molecule has 0 spiro atoms. The molecule has 160 valence electrons. The summed E-state index contributed by atoms with van der Waals surface area (Å²) < 4.78 is 10.8. The summed E-state index contributed by atoms with van der Waals surface area (Å²) >= 11 is 0. The Morgan fingerprint density at radius 1 is 1.17 bits per heavy atom. The highest BCUT2D eigenvalue weighted by atomic mass is 16.5. The van der Waals surface area contributed by atoms with E-state index in [4.69, 9.17) is 9.47 Å². The van der Waals surface area contributed by atoms with Crippen LogP contribution in [0.3, 0.4) is 0 Å². The predicted molar refractivity (Wildman–Crippen MR) is 121 cm³/mol. The van der Waals surface area contributed by atoms with E-state index >= 15 is 0 Å². The van der Waals surface area contributed by atoms with Gasteiger partial charge in [0.05, 0.1) is 20.3 Å². The first-order valence-electron chi connectivity index (χ1n) is 10.5. The SMILES string of the molecule is CCCCCC(=CC=CC(=O)NCCOCc1cccnc1)c1ccc(OC)cc1. The molecule has 2 rings (SSSR count). The van der Waals surface area contributed by atoms with Crippen molar-refractivity contribution >= 4 is 11.5 Å². The first-order chi connectivity index (χ1) is 14.7. The third-order valence-corrected chi connectivity index (χ3v) is 4.59. The molecule has 0 aliphatic carbocycles. The van der Waals surface area contributed by atoms with Crippen molar-refractivity contribution < 1.29 is 14.3 Å². The molecule has 0 aliphatic heterocycles. The van der Waals surface area contributed by atoms with Gasteiger partial charge in [-0.15, -0.1) is 0 Å². The number of unbranched alkanes of at least 4 members (excludes halogenated alkanes) is 2. The number of rotatable bonds is 13. The highest BCUT2D eigenvalue weighted by Crippen LogP contribution is 2.23. The summed E-state index contributed by atoms with van der Waals surface area (Å²) in [5.74, 6) is 0.714. The van der Waals surface area contributed by atoms with Crippen molar-refractivity contribution in [2.45, 2.75) is 39.2 Å². The zero-order chi connectivity index (χ0) is 21.4. The zero-order valence-electron chi connectivity index (χ0n) is 18.0. The number of carbonyl (C=O) groups excluding carboxylic acids is 1. The minimum Gasteiger partial charge on any atom is -0.497 e. The second kappa shape index (κ2) is 14.1. The smallest absolute Gasteiger partial charge is 0.244 e. The molecular formula is C25H32N2O3. The topological polar surface area (TPSA) is 60.5 Å². The number of nitrogens with one attached hydrogen (secondary N) is 1. The normalized spacial score (nSPS) is 11.6. The van der Waals surface area contributed by atoms with Gasteiger partial charge in [0.2, 0.25) is 5.91 Å². The van der Waals surface area contributed by atoms with Gasteiger partial charge in [-0.05, 0) is 47.7 Å². The van der Waals surface area contributed by atoms with Crippen molar-refractivity contribution in [1.82, 2.24) is 10.3 Å². The lowest BCUT2D eigenvalue weighted by Crippen LogP contribution is -2.25. The van der Waals surface area contributed by atoms with Crippen molar-refractivity contribution in [2.75, 3.05) is 20.3 Å². The molecule has 1 aromatic heterocycles. The summed E-state index contributed by atoms with van der Waals surface area (Å²) in [5, 5.41) is 2.84. The van der Waals surface area contributed by atoms with Gasteiger partial charge in [0.1, 0.15) is 5.75 Å². The summed E-state index contributed by atoms with van der Waals surface area (Å²) in [5.41, 5.74) is 3.39. The number of hydrogen-bond acceptors (Lipinski definition) is 4. The number of benzene rings is 1. The lowest BCUT2D eigenvalue weighted by atomic mass is 9.99. The Bertz CT molecular complexity index is 799. The highest BCUT2D eigenvalue weighted by Gasteiger charge is 2.02. The van der Waals surface area contributed by atoms with Crippen LogP contribution in [0.1, 0.15) is 43.7 Å². The Labute approximate surface area is 179 Å². The predicted octanol–water partition coefficient (Wildman–Crippen LogP) is 4.94. The molecule has 0 bridgehead atoms. The van der Waals surface area contributed by atoms with Gasteiger partial charge in [-0.2, -0.15) is 0 Å². The molecular weight excluding hydrogens is 376 g/mol. The maximum atomic E-state index is 12.0. The Morgan fingerprint density at radius 2 is 2.00 bits per heavy atom. The Kier molecular flexibility index (Phi) is 11.0. The number of hydrogen-bond donors (Lipinski definition) is 1. The number of nitrogens with zero attached hydrogens (tertiary/aromatic N) is 1. The van der Waals surface area contributed by atoms with Gasteiger partial charge in [0.25, 0.3) is 0 Å². The van der Waals surface area contributed by atoms with Gasteiger partial charge < -0.3 is 14.8 Å². The molecule has 30 heavy (non-hydrogen) atoms. The number of carbonyl (C=O) groups is 1. The lowest BCUT2D eigenvalue weighted by Gasteiger charge is -2.08. The maximum Gasteiger partial charge on any atom is 0.244 e. The Hall–Kier alpha value is -2.92. The number of methoxy groups -OCH3 is 1. The standard InChI is InChI=1S/C25H32N2O3/c1-3-4-5-9-22(23-12-14-24(29-2)15-13-23)10-6-11-25(28)27-17-18-30-20-21-8-7-16-26-19-21/h6-8,10-16,19H,3-5,9,17-18,20H2,1-2H3,(H,27,28). The van der Waals surface area contributed by atoms with E-state index in [-0.39, 0.29) is 5.91 Å². The number of allylic oxidation sites excluding steroid dienone is 3. The van der Waals surface area contributed by atoms with E-state index < -0.39 is 0 Å². The number of aromatic nitrogens is 1. The molecule has 5 nitrogen and oxygen atoms in total. The van der Waals surface area contributed by atoms with Crippen molar-refractivity contribution in [3.63, 3.8) is 0 Å². The largest absolute Gasteiger partial charge is 0.497 e. The molecule has 0 saturated heterocycles. The first kappa shape index (κ1) is 23.4. The highest BCUT2D eigenvalue weighted by molar-refractivity contribution is 5.88. The molecule has 2 aromatic rings. The van der Waals surface area contributed by atoms with E-state index in [0.717, 1.165) is 29.7 Å². The van der Waals surface area contributed by atoms with Crippen LogP contribution in [0.2, 0.25) is 0 Å². The molecule has 0 radical (unpaired) electrons. The van der Waals surface area contributed by atoms with Crippen LogP contribution in [0, 0.1) is 0 Å². The van der Waals surface area contributed by atoms with Crippen molar-refractivity contribution in [3.05, 3.63) is 78.1 Å². The molecule has 1 amide bonds. The summed E-state index contributed by atoms with van der Waals surface area (Å²) in [6.45, 7) is 3.61. The molecule has 1 aromatic carbocycles. The lowest BCUT2D eigenvalue weighted by molar-refractivity contribution is -0.116. The van der Waals surface area contributed by atoms with Crippen LogP contribution in [0.25, 0.3) is 5.57 Å². The third kappa shape index (κ3) is 9.05. The fourth-order valence-corrected chi connectivity index (χ4v) is 2.92. The van der Waals surface area contributed by atoms with Gasteiger partial charge in [-0.3, -0.25) is 9.78 Å². The molecule has 1 heterocycles. The van der Waals surface area contributed by atoms with Crippen LogP contribution in [-0.4, -0.2) is 31.2 Å². The molecule has 0 unspecified atom stereocenters. The zero-order valence-corrected chi connectivity index (χ0v) is 18.0. The first-order valence-corrected chi connectivity index (χ1v) is 10.5. The summed E-state index contributed by atoms with van der Waals surface area (Å²) in [6.07, 6.45) is 13.4. The van der Waals surface area contributed by atoms with Gasteiger partial charge in [-0.25, -0.2) is 0 Å². The van der Waals surface area contributed by atoms with Crippen LogP contribution in [0.4, 0.5) is 0 Å². The van der Waals surface area contributed by atoms with Crippen LogP contribution in [0.15, 0.2) is 67.0 Å². The summed E-state index contributed by atoms with van der Waals surface area (Å²) in [7, 11) is 1.66. The Balaban J connectivity index is 1.80. The van der Waals surface area contributed by atoms with E-state index in [2.05, 4.69) is 29.4 Å². The third-order valence-electron chi connectivity index (χ3n) is 4.59. The molecule has 0 fully saturated rings. The second-order valence-corrected chi connectivity index (χ2v) is 6.94. The van der Waals surface area contributed by atoms with Gasteiger partial charge >= 0.3 is 0 Å². The van der Waals surface area contributed by atoms with Crippen LogP contribution >= 0.6 is 0 Å². The molecule has 0 atom stereocenters. The average Bonchev–Trinajstić information content (AvgIpc) is 2.79. The van der Waals surface area contributed by atoms with E-state index in [1.165, 1.54) is 18.4 Å². The van der Waals surface area contributed by atoms with Crippen LogP contribution < -0.4 is 10.1 Å². The van der Waals surface area contributed by atoms with Crippen molar-refractivity contribution in [3.8, 4) is 5.75 Å². The summed E-state index contributed by atoms with van der Waals surface area (Å²) in [4.78, 5) is 16.1. The van der Waals surface area contributed by atoms with E-state index in [0.29, 0.717) is 19.8 Å². The van der Waals surface area contributed by atoms with Gasteiger partial charge in [-0.1, -0.05) is 50.1 Å². The van der Waals surface area contributed by atoms with E-state index in [9.17, 15) is 4.79 Å². The minimum absolute atomic E-state index is 0.126. The van der Waals surface area contributed by atoms with Gasteiger partial charge in [0, 0.05) is 25.0 Å². The number of ether oxygens (including phenoxy) is 2. The number of pyridine rings is 1. The Morgan fingerprint density at radius 3 is 2.70 bits per heavy atom. The molecule has 0 aliphatic rings. The van der Waals surface area contributed by atoms with Gasteiger partial charge in [0.15, 0.2) is 0 Å². The second-order valence-electron chi connectivity index (χ2n) is 6.94. The van der Waals surface area contributed by atoms with E-state index in [1.54, 1.807) is 25.6 Å². The van der Waals surface area contributed by atoms with Crippen LogP contribution in [0.5, 0.6) is 5.75 Å².